The third kappa shape index (κ3) is 3.67. The second-order valence-electron chi connectivity index (χ2n) is 4.31. The van der Waals surface area contributed by atoms with Gasteiger partial charge in [-0.15, -0.1) is 0 Å². The first-order valence-electron chi connectivity index (χ1n) is 6.37. The number of methoxy groups -OCH3 is 2. The van der Waals surface area contributed by atoms with Gasteiger partial charge in [0, 0.05) is 5.56 Å². The number of amides is 1. The molecule has 1 aromatic heterocycles. The van der Waals surface area contributed by atoms with E-state index in [-0.39, 0.29) is 5.76 Å². The van der Waals surface area contributed by atoms with Crippen molar-refractivity contribution in [2.75, 3.05) is 14.2 Å². The number of nitrogens with zero attached hydrogens (tertiary/aromatic N) is 1. The summed E-state index contributed by atoms with van der Waals surface area (Å²) in [4.78, 5) is 11.8. The van der Waals surface area contributed by atoms with Gasteiger partial charge in [0.2, 0.25) is 0 Å². The Kier molecular flexibility index (Phi) is 5.21. The number of carbonyl (C=O) groups excluding carboxylic acids is 1. The summed E-state index contributed by atoms with van der Waals surface area (Å²) < 4.78 is 16.0. The second kappa shape index (κ2) is 7.13. The normalized spacial score (nSPS) is 11.2. The molecule has 2 rings (SSSR count). The molecule has 0 aliphatic carbocycles. The van der Waals surface area contributed by atoms with Crippen LogP contribution < -0.4 is 14.9 Å². The molecule has 2 aromatic rings. The van der Waals surface area contributed by atoms with Crippen molar-refractivity contribution < 1.29 is 18.7 Å². The maximum absolute atomic E-state index is 11.8. The molecule has 116 valence electrons. The summed E-state index contributed by atoms with van der Waals surface area (Å²) in [7, 11) is 3.13. The van der Waals surface area contributed by atoms with E-state index in [4.69, 9.17) is 13.9 Å². The Morgan fingerprint density at radius 2 is 1.91 bits per heavy atom. The molecule has 0 unspecified atom stereocenters. The lowest BCUT2D eigenvalue weighted by Gasteiger charge is -2.09. The van der Waals surface area contributed by atoms with Crippen LogP contribution in [0.2, 0.25) is 0 Å². The standard InChI is InChI=1S/C15H15BrN2O4/c1-9(10-4-5-11(20-2)13(8-10)21-3)17-18-15(19)12-6-7-14(16)22-12/h4-8H,1-3H3,(H,18,19). The van der Waals surface area contributed by atoms with Crippen molar-refractivity contribution in [2.24, 2.45) is 5.10 Å². The van der Waals surface area contributed by atoms with E-state index in [1.54, 1.807) is 45.4 Å². The van der Waals surface area contributed by atoms with Crippen LogP contribution in [0, 0.1) is 0 Å². The van der Waals surface area contributed by atoms with Crippen molar-refractivity contribution >= 4 is 27.5 Å². The molecule has 0 fully saturated rings. The van der Waals surface area contributed by atoms with Gasteiger partial charge in [-0.3, -0.25) is 4.79 Å². The van der Waals surface area contributed by atoms with Crippen LogP contribution in [0.4, 0.5) is 0 Å². The Morgan fingerprint density at radius 3 is 2.50 bits per heavy atom. The highest BCUT2D eigenvalue weighted by atomic mass is 79.9. The van der Waals surface area contributed by atoms with E-state index in [0.29, 0.717) is 21.9 Å². The molecule has 1 heterocycles. The predicted octanol–water partition coefficient (Wildman–Crippen LogP) is 3.21. The molecule has 1 amide bonds. The molecule has 0 radical (unpaired) electrons. The van der Waals surface area contributed by atoms with Crippen molar-refractivity contribution in [1.82, 2.24) is 5.43 Å². The van der Waals surface area contributed by atoms with Gasteiger partial charge in [0.1, 0.15) is 0 Å². The number of hydrogen-bond acceptors (Lipinski definition) is 5. The van der Waals surface area contributed by atoms with E-state index < -0.39 is 5.91 Å². The smallest absolute Gasteiger partial charge is 0.307 e. The minimum absolute atomic E-state index is 0.177. The predicted molar refractivity (Wildman–Crippen MR) is 85.6 cm³/mol. The van der Waals surface area contributed by atoms with E-state index in [2.05, 4.69) is 26.5 Å². The van der Waals surface area contributed by atoms with E-state index in [1.807, 2.05) is 6.07 Å². The van der Waals surface area contributed by atoms with Crippen LogP contribution >= 0.6 is 15.9 Å². The molecular formula is C15H15BrN2O4. The summed E-state index contributed by atoms with van der Waals surface area (Å²) in [5.41, 5.74) is 3.87. The lowest BCUT2D eigenvalue weighted by atomic mass is 10.1. The molecule has 1 N–H and O–H groups in total. The Bertz CT molecular complexity index is 709. The van der Waals surface area contributed by atoms with Crippen LogP contribution in [-0.2, 0) is 0 Å². The molecule has 0 spiro atoms. The van der Waals surface area contributed by atoms with Crippen molar-refractivity contribution in [3.63, 3.8) is 0 Å². The maximum atomic E-state index is 11.8. The van der Waals surface area contributed by atoms with Gasteiger partial charge in [-0.1, -0.05) is 0 Å². The molecular weight excluding hydrogens is 352 g/mol. The zero-order valence-electron chi connectivity index (χ0n) is 12.3. The molecule has 0 aliphatic rings. The highest BCUT2D eigenvalue weighted by Crippen LogP contribution is 2.27. The van der Waals surface area contributed by atoms with Gasteiger partial charge in [-0.2, -0.15) is 5.10 Å². The second-order valence-corrected chi connectivity index (χ2v) is 5.09. The first-order chi connectivity index (χ1) is 10.5. The fourth-order valence-electron chi connectivity index (χ4n) is 1.75. The van der Waals surface area contributed by atoms with Gasteiger partial charge in [0.15, 0.2) is 21.9 Å². The Hall–Kier alpha value is -2.28. The third-order valence-electron chi connectivity index (χ3n) is 2.92. The number of rotatable bonds is 5. The van der Waals surface area contributed by atoms with Crippen molar-refractivity contribution in [1.29, 1.82) is 0 Å². The molecule has 0 saturated carbocycles. The van der Waals surface area contributed by atoms with E-state index in [0.717, 1.165) is 5.56 Å². The molecule has 7 heteroatoms. The molecule has 6 nitrogen and oxygen atoms in total. The van der Waals surface area contributed by atoms with Gasteiger partial charge in [-0.25, -0.2) is 5.43 Å². The molecule has 22 heavy (non-hydrogen) atoms. The van der Waals surface area contributed by atoms with Crippen LogP contribution in [0.5, 0.6) is 11.5 Å². The molecule has 0 aliphatic heterocycles. The van der Waals surface area contributed by atoms with Crippen molar-refractivity contribution in [3.8, 4) is 11.5 Å². The Labute approximate surface area is 136 Å². The zero-order chi connectivity index (χ0) is 16.1. The van der Waals surface area contributed by atoms with Gasteiger partial charge < -0.3 is 13.9 Å². The van der Waals surface area contributed by atoms with Gasteiger partial charge in [-0.05, 0) is 53.2 Å². The van der Waals surface area contributed by atoms with Gasteiger partial charge in [0.25, 0.3) is 0 Å². The lowest BCUT2D eigenvalue weighted by molar-refractivity contribution is 0.0926. The quantitative estimate of drug-likeness (QED) is 0.651. The van der Waals surface area contributed by atoms with Gasteiger partial charge >= 0.3 is 5.91 Å². The van der Waals surface area contributed by atoms with Crippen molar-refractivity contribution in [2.45, 2.75) is 6.92 Å². The van der Waals surface area contributed by atoms with Crippen LogP contribution in [0.1, 0.15) is 23.0 Å². The maximum Gasteiger partial charge on any atom is 0.307 e. The molecule has 1 aromatic carbocycles. The average molecular weight is 367 g/mol. The number of halogens is 1. The lowest BCUT2D eigenvalue weighted by Crippen LogP contribution is -2.18. The topological polar surface area (TPSA) is 73.1 Å². The first kappa shape index (κ1) is 16.1. The average Bonchev–Trinajstić information content (AvgIpc) is 2.98. The number of ether oxygens (including phenoxy) is 2. The summed E-state index contributed by atoms with van der Waals surface area (Å²) in [6.45, 7) is 1.78. The van der Waals surface area contributed by atoms with Crippen molar-refractivity contribution in [3.05, 3.63) is 46.3 Å². The third-order valence-corrected chi connectivity index (χ3v) is 3.35. The number of hydrogen-bond donors (Lipinski definition) is 1. The fraction of sp³-hybridized carbons (Fsp3) is 0.200. The Morgan fingerprint density at radius 1 is 1.18 bits per heavy atom. The van der Waals surface area contributed by atoms with Crippen LogP contribution in [0.25, 0.3) is 0 Å². The molecule has 0 saturated heterocycles. The summed E-state index contributed by atoms with van der Waals surface area (Å²) in [5, 5.41) is 4.06. The summed E-state index contributed by atoms with van der Waals surface area (Å²) in [6.07, 6.45) is 0. The summed E-state index contributed by atoms with van der Waals surface area (Å²) in [6, 6.07) is 8.59. The monoisotopic (exact) mass is 366 g/mol. The number of furan rings is 1. The van der Waals surface area contributed by atoms with Crippen LogP contribution in [0.15, 0.2) is 44.5 Å². The van der Waals surface area contributed by atoms with E-state index >= 15 is 0 Å². The van der Waals surface area contributed by atoms with Gasteiger partial charge in [0.05, 0.1) is 19.9 Å². The minimum Gasteiger partial charge on any atom is -0.493 e. The first-order valence-corrected chi connectivity index (χ1v) is 7.17. The summed E-state index contributed by atoms with van der Waals surface area (Å²) >= 11 is 3.14. The number of hydrazone groups is 1. The highest BCUT2D eigenvalue weighted by molar-refractivity contribution is 9.10. The van der Waals surface area contributed by atoms with Crippen LogP contribution in [0.3, 0.4) is 0 Å². The Balaban J connectivity index is 2.13. The van der Waals surface area contributed by atoms with E-state index in [1.165, 1.54) is 0 Å². The highest BCUT2D eigenvalue weighted by Gasteiger charge is 2.10. The summed E-state index contributed by atoms with van der Waals surface area (Å²) in [5.74, 6) is 0.973. The number of benzene rings is 1. The molecule has 0 atom stereocenters. The fourth-order valence-corrected chi connectivity index (χ4v) is 2.06. The SMILES string of the molecule is COc1ccc(C(C)=NNC(=O)c2ccc(Br)o2)cc1OC. The largest absolute Gasteiger partial charge is 0.493 e. The number of nitrogens with one attached hydrogen (secondary N) is 1. The zero-order valence-corrected chi connectivity index (χ0v) is 13.9. The van der Waals surface area contributed by atoms with Crippen LogP contribution in [-0.4, -0.2) is 25.8 Å². The molecule has 0 bridgehead atoms. The number of carbonyl (C=O) groups is 1. The minimum atomic E-state index is -0.425. The van der Waals surface area contributed by atoms with E-state index in [9.17, 15) is 4.79 Å².